The van der Waals surface area contributed by atoms with Gasteiger partial charge < -0.3 is 4.74 Å². The molecule has 0 N–H and O–H groups in total. The molecule has 0 unspecified atom stereocenters. The first-order chi connectivity index (χ1) is 11.1. The summed E-state index contributed by atoms with van der Waals surface area (Å²) < 4.78 is 19.5. The summed E-state index contributed by atoms with van der Waals surface area (Å²) >= 11 is 6.02. The maximum Gasteiger partial charge on any atom is 0.153 e. The molecule has 0 spiro atoms. The van der Waals surface area contributed by atoms with Gasteiger partial charge in [-0.05, 0) is 47.9 Å². The zero-order valence-electron chi connectivity index (χ0n) is 13.6. The van der Waals surface area contributed by atoms with Crippen LogP contribution >= 0.6 is 11.6 Å². The molecule has 1 aliphatic carbocycles. The van der Waals surface area contributed by atoms with Gasteiger partial charge in [-0.2, -0.15) is 0 Å². The molecule has 1 fully saturated rings. The van der Waals surface area contributed by atoms with E-state index in [9.17, 15) is 4.39 Å². The Morgan fingerprint density at radius 1 is 1.04 bits per heavy atom. The minimum atomic E-state index is -0.426. The highest BCUT2D eigenvalue weighted by molar-refractivity contribution is 6.32. The molecule has 1 saturated carbocycles. The zero-order chi connectivity index (χ0) is 16.4. The van der Waals surface area contributed by atoms with Crippen molar-refractivity contribution in [1.82, 2.24) is 0 Å². The minimum absolute atomic E-state index is 0. The van der Waals surface area contributed by atoms with Crippen LogP contribution in [0.25, 0.3) is 11.1 Å². The third-order valence-corrected chi connectivity index (χ3v) is 5.33. The molecule has 0 heterocycles. The van der Waals surface area contributed by atoms with E-state index < -0.39 is 5.82 Å². The highest BCUT2D eigenvalue weighted by atomic mass is 35.5. The highest BCUT2D eigenvalue weighted by Gasteiger charge is 2.20. The van der Waals surface area contributed by atoms with Crippen LogP contribution in [0.15, 0.2) is 36.4 Å². The molecule has 0 saturated heterocycles. The van der Waals surface area contributed by atoms with Crippen LogP contribution in [-0.4, -0.2) is 7.11 Å². The molecule has 2 aromatic rings. The first kappa shape index (κ1) is 16.3. The lowest BCUT2D eigenvalue weighted by molar-refractivity contribution is 0.348. The van der Waals surface area contributed by atoms with Gasteiger partial charge in [0.1, 0.15) is 10.8 Å². The van der Waals surface area contributed by atoms with Gasteiger partial charge in [-0.1, -0.05) is 55.6 Å². The topological polar surface area (TPSA) is 9.23 Å². The van der Waals surface area contributed by atoms with E-state index in [1.807, 2.05) is 12.1 Å². The Morgan fingerprint density at radius 2 is 1.70 bits per heavy atom. The number of methoxy groups -OCH3 is 1. The van der Waals surface area contributed by atoms with E-state index in [0.717, 1.165) is 11.5 Å². The fourth-order valence-corrected chi connectivity index (χ4v) is 3.68. The van der Waals surface area contributed by atoms with Crippen LogP contribution in [0, 0.1) is 11.7 Å². The molecule has 2 aromatic carbocycles. The van der Waals surface area contributed by atoms with E-state index in [1.165, 1.54) is 38.4 Å². The van der Waals surface area contributed by atoms with Crippen LogP contribution in [0.3, 0.4) is 0 Å². The number of ether oxygens (including phenoxy) is 1. The molecule has 23 heavy (non-hydrogen) atoms. The third kappa shape index (κ3) is 3.37. The molecule has 1 aliphatic rings. The van der Waals surface area contributed by atoms with Gasteiger partial charge in [0.05, 0.1) is 7.11 Å². The summed E-state index contributed by atoms with van der Waals surface area (Å²) in [5.74, 6) is 1.43. The Labute approximate surface area is 143 Å². The lowest BCUT2D eigenvalue weighted by Crippen LogP contribution is -2.10. The van der Waals surface area contributed by atoms with E-state index in [1.54, 1.807) is 12.1 Å². The van der Waals surface area contributed by atoms with Crippen molar-refractivity contribution in [1.29, 1.82) is 0 Å². The van der Waals surface area contributed by atoms with Gasteiger partial charge in [-0.3, -0.25) is 0 Å². The molecule has 1 nitrogen and oxygen atoms in total. The number of hydrogen-bond donors (Lipinski definition) is 0. The predicted octanol–water partition coefficient (Wildman–Crippen LogP) is 6.69. The maximum atomic E-state index is 14.4. The normalized spacial score (nSPS) is 21.2. The van der Waals surface area contributed by atoms with Crippen molar-refractivity contribution in [3.05, 3.63) is 52.8 Å². The van der Waals surface area contributed by atoms with Crippen LogP contribution in [0.4, 0.5) is 4.39 Å². The second kappa shape index (κ2) is 6.92. The van der Waals surface area contributed by atoms with E-state index in [4.69, 9.17) is 16.3 Å². The largest absolute Gasteiger partial charge is 0.495 e. The SMILES string of the molecule is COc1ccc(-c2ccc(C3CCC(C)CC3)cc2)c(F)c1Cl.[HH]. The van der Waals surface area contributed by atoms with Gasteiger partial charge in [-0.15, -0.1) is 0 Å². The van der Waals surface area contributed by atoms with Crippen molar-refractivity contribution < 1.29 is 10.6 Å². The standard InChI is InChI=1S/C20H22ClFO.H2/c1-13-3-5-14(6-4-13)15-7-9-16(10-8-15)17-11-12-18(23-2)19(21)20(17)22;/h7-14H,3-6H2,1-2H3;1H. The fourth-order valence-electron chi connectivity index (χ4n) is 3.44. The molecule has 0 atom stereocenters. The highest BCUT2D eigenvalue weighted by Crippen LogP contribution is 2.38. The van der Waals surface area contributed by atoms with Gasteiger partial charge in [0.2, 0.25) is 0 Å². The van der Waals surface area contributed by atoms with Gasteiger partial charge in [0.25, 0.3) is 0 Å². The first-order valence-electron chi connectivity index (χ1n) is 8.22. The Balaban J connectivity index is 0.00000208. The van der Waals surface area contributed by atoms with Gasteiger partial charge in [0.15, 0.2) is 5.82 Å². The summed E-state index contributed by atoms with van der Waals surface area (Å²) in [4.78, 5) is 0. The smallest absolute Gasteiger partial charge is 0.153 e. The molecule has 3 heteroatoms. The molecule has 0 radical (unpaired) electrons. The number of rotatable bonds is 3. The second-order valence-corrected chi connectivity index (χ2v) is 6.90. The molecule has 0 aromatic heterocycles. The van der Waals surface area contributed by atoms with E-state index >= 15 is 0 Å². The third-order valence-electron chi connectivity index (χ3n) is 4.98. The van der Waals surface area contributed by atoms with Crippen LogP contribution in [-0.2, 0) is 0 Å². The molecule has 0 aliphatic heterocycles. The summed E-state index contributed by atoms with van der Waals surface area (Å²) in [6, 6.07) is 11.7. The average molecular weight is 335 g/mol. The lowest BCUT2D eigenvalue weighted by atomic mass is 9.79. The summed E-state index contributed by atoms with van der Waals surface area (Å²) in [6.07, 6.45) is 5.11. The van der Waals surface area contributed by atoms with Crippen molar-refractivity contribution in [3.8, 4) is 16.9 Å². The Bertz CT molecular complexity index is 679. The maximum absolute atomic E-state index is 14.4. The van der Waals surface area contributed by atoms with Gasteiger partial charge in [-0.25, -0.2) is 4.39 Å². The predicted molar refractivity (Wildman–Crippen MR) is 95.9 cm³/mol. The summed E-state index contributed by atoms with van der Waals surface area (Å²) in [5, 5.41) is 0.0374. The molecule has 0 amide bonds. The zero-order valence-corrected chi connectivity index (χ0v) is 14.4. The quantitative estimate of drug-likeness (QED) is 0.607. The number of benzene rings is 2. The molecule has 124 valence electrons. The average Bonchev–Trinajstić information content (AvgIpc) is 2.58. The van der Waals surface area contributed by atoms with Crippen LogP contribution in [0.5, 0.6) is 5.75 Å². The molecule has 0 bridgehead atoms. The Hall–Kier alpha value is -1.54. The van der Waals surface area contributed by atoms with Crippen molar-refractivity contribution in [2.24, 2.45) is 5.92 Å². The Kier molecular flexibility index (Phi) is 4.91. The summed E-state index contributed by atoms with van der Waals surface area (Å²) in [5.41, 5.74) is 2.72. The minimum Gasteiger partial charge on any atom is -0.495 e. The van der Waals surface area contributed by atoms with Crippen molar-refractivity contribution in [2.75, 3.05) is 7.11 Å². The molecular formula is C20H24ClFO. The van der Waals surface area contributed by atoms with E-state index in [2.05, 4.69) is 19.1 Å². The molecular weight excluding hydrogens is 311 g/mol. The van der Waals surface area contributed by atoms with Crippen LogP contribution in [0.2, 0.25) is 5.02 Å². The second-order valence-electron chi connectivity index (χ2n) is 6.52. The van der Waals surface area contributed by atoms with E-state index in [-0.39, 0.29) is 6.45 Å². The summed E-state index contributed by atoms with van der Waals surface area (Å²) in [7, 11) is 1.49. The number of halogens is 2. The van der Waals surface area contributed by atoms with Crippen LogP contribution in [0.1, 0.15) is 45.5 Å². The van der Waals surface area contributed by atoms with Crippen molar-refractivity contribution in [3.63, 3.8) is 0 Å². The Morgan fingerprint density at radius 3 is 2.30 bits per heavy atom. The van der Waals surface area contributed by atoms with Crippen molar-refractivity contribution >= 4 is 11.6 Å². The lowest BCUT2D eigenvalue weighted by Gasteiger charge is -2.26. The monoisotopic (exact) mass is 334 g/mol. The van der Waals surface area contributed by atoms with Gasteiger partial charge in [0, 0.05) is 6.99 Å². The van der Waals surface area contributed by atoms with E-state index in [0.29, 0.717) is 17.2 Å². The molecule has 3 rings (SSSR count). The van der Waals surface area contributed by atoms with Crippen LogP contribution < -0.4 is 4.74 Å². The first-order valence-corrected chi connectivity index (χ1v) is 8.60. The van der Waals surface area contributed by atoms with Crippen molar-refractivity contribution in [2.45, 2.75) is 38.5 Å². The summed E-state index contributed by atoms with van der Waals surface area (Å²) in [6.45, 7) is 2.33. The van der Waals surface area contributed by atoms with Gasteiger partial charge >= 0.3 is 0 Å². The number of hydrogen-bond acceptors (Lipinski definition) is 1. The fraction of sp³-hybridized carbons (Fsp3) is 0.400.